The summed E-state index contributed by atoms with van der Waals surface area (Å²) in [6.07, 6.45) is 67.3. The van der Waals surface area contributed by atoms with Crippen LogP contribution in [0.5, 0.6) is 0 Å². The first-order valence-corrected chi connectivity index (χ1v) is 23.3. The van der Waals surface area contributed by atoms with E-state index in [1.165, 1.54) is 122 Å². The van der Waals surface area contributed by atoms with Crippen molar-refractivity contribution in [1.82, 2.24) is 5.32 Å². The van der Waals surface area contributed by atoms with Crippen LogP contribution in [0.15, 0.2) is 85.1 Å². The molecule has 0 fully saturated rings. The third-order valence-electron chi connectivity index (χ3n) is 10.1. The predicted octanol–water partition coefficient (Wildman–Crippen LogP) is 14.9. The van der Waals surface area contributed by atoms with Gasteiger partial charge in [-0.05, 0) is 77.0 Å². The van der Waals surface area contributed by atoms with E-state index in [0.29, 0.717) is 6.42 Å². The van der Waals surface area contributed by atoms with Crippen LogP contribution in [0.3, 0.4) is 0 Å². The second-order valence-corrected chi connectivity index (χ2v) is 15.4. The molecule has 0 rings (SSSR count). The Hall–Kier alpha value is -2.43. The van der Waals surface area contributed by atoms with Crippen molar-refractivity contribution in [2.24, 2.45) is 0 Å². The molecule has 4 nitrogen and oxygen atoms in total. The van der Waals surface area contributed by atoms with Crippen LogP contribution < -0.4 is 5.32 Å². The Balaban J connectivity index is 3.46. The normalized spacial score (nSPS) is 13.7. The van der Waals surface area contributed by atoms with E-state index in [9.17, 15) is 15.0 Å². The number of rotatable bonds is 41. The minimum absolute atomic E-state index is 0.0815. The van der Waals surface area contributed by atoms with Crippen molar-refractivity contribution in [3.63, 3.8) is 0 Å². The topological polar surface area (TPSA) is 69.6 Å². The number of carbonyl (C=O) groups excluding carboxylic acids is 1. The highest BCUT2D eigenvalue weighted by Crippen LogP contribution is 2.15. The summed E-state index contributed by atoms with van der Waals surface area (Å²) in [5.74, 6) is -0.0815. The molecule has 0 aliphatic carbocycles. The van der Waals surface area contributed by atoms with Crippen LogP contribution in [0.1, 0.15) is 213 Å². The van der Waals surface area contributed by atoms with Gasteiger partial charge in [0.2, 0.25) is 5.91 Å². The Bertz CT molecular complexity index is 1000. The summed E-state index contributed by atoms with van der Waals surface area (Å²) in [5, 5.41) is 22.9. The number of carbonyl (C=O) groups is 1. The van der Waals surface area contributed by atoms with Gasteiger partial charge in [0.05, 0.1) is 18.8 Å². The fourth-order valence-electron chi connectivity index (χ4n) is 6.62. The van der Waals surface area contributed by atoms with E-state index >= 15 is 0 Å². The van der Waals surface area contributed by atoms with E-state index in [1.807, 2.05) is 6.08 Å². The summed E-state index contributed by atoms with van der Waals surface area (Å²) < 4.78 is 0. The van der Waals surface area contributed by atoms with E-state index in [-0.39, 0.29) is 12.5 Å². The third kappa shape index (κ3) is 42.6. The maximum atomic E-state index is 12.4. The lowest BCUT2D eigenvalue weighted by Crippen LogP contribution is -2.45. The number of aliphatic hydroxyl groups excluding tert-OH is 2. The van der Waals surface area contributed by atoms with Crippen LogP contribution in [0, 0.1) is 0 Å². The summed E-state index contributed by atoms with van der Waals surface area (Å²) >= 11 is 0. The van der Waals surface area contributed by atoms with Gasteiger partial charge in [0.15, 0.2) is 0 Å². The van der Waals surface area contributed by atoms with Gasteiger partial charge in [-0.2, -0.15) is 0 Å². The Kier molecular flexibility index (Phi) is 43.9. The number of allylic oxidation sites excluding steroid dienone is 13. The molecule has 2 unspecified atom stereocenters. The average molecular weight is 764 g/mol. The monoisotopic (exact) mass is 764 g/mol. The van der Waals surface area contributed by atoms with Crippen molar-refractivity contribution in [2.45, 2.75) is 225 Å². The summed E-state index contributed by atoms with van der Waals surface area (Å²) in [6, 6.07) is -0.645. The number of hydrogen-bond acceptors (Lipinski definition) is 3. The molecule has 0 saturated heterocycles. The zero-order valence-electron chi connectivity index (χ0n) is 36.2. The molecule has 3 N–H and O–H groups in total. The lowest BCUT2D eigenvalue weighted by molar-refractivity contribution is -0.123. The highest BCUT2D eigenvalue weighted by atomic mass is 16.3. The molecule has 0 radical (unpaired) electrons. The molecule has 0 bridgehead atoms. The van der Waals surface area contributed by atoms with Gasteiger partial charge in [0.25, 0.3) is 0 Å². The maximum Gasteiger partial charge on any atom is 0.220 e. The number of unbranched alkanes of at least 4 members (excludes halogenated alkanes) is 22. The van der Waals surface area contributed by atoms with Crippen LogP contribution in [0.4, 0.5) is 0 Å². The maximum absolute atomic E-state index is 12.4. The van der Waals surface area contributed by atoms with Gasteiger partial charge in [-0.1, -0.05) is 214 Å². The van der Waals surface area contributed by atoms with Crippen molar-refractivity contribution >= 4 is 5.91 Å². The number of aliphatic hydroxyl groups is 2. The van der Waals surface area contributed by atoms with Gasteiger partial charge >= 0.3 is 0 Å². The minimum Gasteiger partial charge on any atom is -0.394 e. The summed E-state index contributed by atoms with van der Waals surface area (Å²) in [6.45, 7) is 4.05. The number of nitrogens with one attached hydrogen (secondary N) is 1. The molecule has 0 heterocycles. The molecule has 4 heteroatoms. The first kappa shape index (κ1) is 52.6. The van der Waals surface area contributed by atoms with E-state index in [0.717, 1.165) is 70.6 Å². The quantitative estimate of drug-likeness (QED) is 0.0429. The summed E-state index contributed by atoms with van der Waals surface area (Å²) in [5.41, 5.74) is 0. The molecule has 1 amide bonds. The third-order valence-corrected chi connectivity index (χ3v) is 10.1. The Labute approximate surface area is 341 Å². The Morgan fingerprint density at radius 1 is 0.436 bits per heavy atom. The molecule has 0 aromatic rings. The first-order chi connectivity index (χ1) is 27.2. The molecular formula is C51H89NO3. The van der Waals surface area contributed by atoms with E-state index in [4.69, 9.17) is 0 Å². The molecule has 2 atom stereocenters. The first-order valence-electron chi connectivity index (χ1n) is 23.3. The molecule has 0 aliphatic heterocycles. The van der Waals surface area contributed by atoms with Gasteiger partial charge in [0, 0.05) is 6.42 Å². The second-order valence-electron chi connectivity index (χ2n) is 15.4. The standard InChI is InChI=1S/C51H89NO3/c1-3-5-7-9-11-13-15-16-17-18-19-20-21-22-23-24-25-26-27-28-29-30-31-32-33-34-35-36-37-39-41-43-45-47-51(55)52-49(48-53)50(54)46-44-42-40-38-14-12-10-8-6-4-2/h5-8,11,13-14,16-17,19-20,38,44,46,49-50,53-54H,3-4,9-10,12,15,18,21-37,39-43,45,47-48H2,1-2H3,(H,52,55)/b7-5-,8-6+,13-11-,17-16-,20-19-,38-14+,46-44+. The van der Waals surface area contributed by atoms with Crippen LogP contribution in [0.25, 0.3) is 0 Å². The van der Waals surface area contributed by atoms with Gasteiger partial charge in [-0.15, -0.1) is 0 Å². The number of amides is 1. The second kappa shape index (κ2) is 46.0. The van der Waals surface area contributed by atoms with Gasteiger partial charge in [-0.3, -0.25) is 4.79 Å². The SMILES string of the molecule is CC/C=C\C/C=C\C/C=C\C/C=C\CCCCCCCCCCCCCCCCCCCCCCC(=O)NC(CO)C(O)/C=C/CC/C=C/CC/C=C/CC. The van der Waals surface area contributed by atoms with Crippen LogP contribution in [-0.4, -0.2) is 34.9 Å². The van der Waals surface area contributed by atoms with E-state index < -0.39 is 12.1 Å². The lowest BCUT2D eigenvalue weighted by Gasteiger charge is -2.19. The molecule has 0 spiro atoms. The van der Waals surface area contributed by atoms with Crippen molar-refractivity contribution in [1.29, 1.82) is 0 Å². The number of hydrogen-bond donors (Lipinski definition) is 3. The van der Waals surface area contributed by atoms with Crippen LogP contribution in [-0.2, 0) is 4.79 Å². The predicted molar refractivity (Wildman–Crippen MR) is 243 cm³/mol. The van der Waals surface area contributed by atoms with Crippen molar-refractivity contribution in [2.75, 3.05) is 6.61 Å². The zero-order valence-corrected chi connectivity index (χ0v) is 36.2. The molecule has 0 aromatic carbocycles. The average Bonchev–Trinajstić information content (AvgIpc) is 3.19. The van der Waals surface area contributed by atoms with Crippen molar-refractivity contribution < 1.29 is 15.0 Å². The molecule has 316 valence electrons. The Morgan fingerprint density at radius 2 is 0.764 bits per heavy atom. The van der Waals surface area contributed by atoms with Crippen molar-refractivity contribution in [3.05, 3.63) is 85.1 Å². The lowest BCUT2D eigenvalue weighted by atomic mass is 10.0. The Morgan fingerprint density at radius 3 is 1.20 bits per heavy atom. The fourth-order valence-corrected chi connectivity index (χ4v) is 6.62. The zero-order chi connectivity index (χ0) is 40.0. The van der Waals surface area contributed by atoms with Gasteiger partial charge in [0.1, 0.15) is 0 Å². The van der Waals surface area contributed by atoms with Gasteiger partial charge in [-0.25, -0.2) is 0 Å². The highest BCUT2D eigenvalue weighted by Gasteiger charge is 2.17. The summed E-state index contributed by atoms with van der Waals surface area (Å²) in [4.78, 5) is 12.4. The molecular weight excluding hydrogens is 675 g/mol. The van der Waals surface area contributed by atoms with Crippen LogP contribution in [0.2, 0.25) is 0 Å². The molecule has 0 aromatic heterocycles. The summed E-state index contributed by atoms with van der Waals surface area (Å²) in [7, 11) is 0. The fraction of sp³-hybridized carbons (Fsp3) is 0.706. The minimum atomic E-state index is -0.870. The molecule has 55 heavy (non-hydrogen) atoms. The van der Waals surface area contributed by atoms with Gasteiger partial charge < -0.3 is 15.5 Å². The van der Waals surface area contributed by atoms with E-state index in [2.05, 4.69) is 92.1 Å². The smallest absolute Gasteiger partial charge is 0.220 e. The molecule has 0 saturated carbocycles. The highest BCUT2D eigenvalue weighted by molar-refractivity contribution is 5.76. The van der Waals surface area contributed by atoms with Crippen molar-refractivity contribution in [3.8, 4) is 0 Å². The van der Waals surface area contributed by atoms with E-state index in [1.54, 1.807) is 6.08 Å². The largest absolute Gasteiger partial charge is 0.394 e. The molecule has 0 aliphatic rings. The van der Waals surface area contributed by atoms with Crippen LogP contribution >= 0.6 is 0 Å².